The molecule has 13 heavy (non-hydrogen) atoms. The highest BCUT2D eigenvalue weighted by Gasteiger charge is 2.30. The molecule has 0 radical (unpaired) electrons. The van der Waals surface area contributed by atoms with Crippen LogP contribution >= 0.6 is 0 Å². The van der Waals surface area contributed by atoms with Crippen molar-refractivity contribution in [3.05, 3.63) is 12.3 Å². The van der Waals surface area contributed by atoms with Crippen LogP contribution in [0.4, 0.5) is 0 Å². The number of ketones is 1. The molecule has 0 fully saturated rings. The summed E-state index contributed by atoms with van der Waals surface area (Å²) in [6.45, 7) is 4.13. The van der Waals surface area contributed by atoms with E-state index in [2.05, 4.69) is 17.0 Å². The van der Waals surface area contributed by atoms with Gasteiger partial charge in [-0.25, -0.2) is 0 Å². The zero-order chi connectivity index (χ0) is 9.84. The molecular weight excluding hydrogens is 166 g/mol. The Morgan fingerprint density at radius 1 is 1.77 bits per heavy atom. The number of hydrogen-bond acceptors (Lipinski definition) is 4. The maximum atomic E-state index is 11.5. The number of aliphatic imine (C=N–C) groups is 1. The van der Waals surface area contributed by atoms with Gasteiger partial charge in [0.1, 0.15) is 6.17 Å². The maximum absolute atomic E-state index is 11.5. The smallest absolute Gasteiger partial charge is 0.165 e. The third-order valence-corrected chi connectivity index (χ3v) is 2.23. The van der Waals surface area contributed by atoms with Gasteiger partial charge in [-0.3, -0.25) is 9.79 Å². The summed E-state index contributed by atoms with van der Waals surface area (Å²) in [5.74, 6) is 0.00218. The number of nitrogens with zero attached hydrogens (tertiary/aromatic N) is 2. The Bertz CT molecular complexity index is 237. The maximum Gasteiger partial charge on any atom is 0.165 e. The van der Waals surface area contributed by atoms with E-state index in [0.717, 1.165) is 0 Å². The van der Waals surface area contributed by atoms with E-state index in [-0.39, 0.29) is 17.9 Å². The molecule has 1 N–H and O–H groups in total. The van der Waals surface area contributed by atoms with E-state index in [1.165, 1.54) is 0 Å². The number of carbonyl (C=O) groups is 1. The van der Waals surface area contributed by atoms with Gasteiger partial charge in [-0.05, 0) is 19.8 Å². The molecule has 2 atom stereocenters. The van der Waals surface area contributed by atoms with Crippen molar-refractivity contribution >= 4 is 12.5 Å². The summed E-state index contributed by atoms with van der Waals surface area (Å²) in [6.07, 6.45) is 3.20. The quantitative estimate of drug-likeness (QED) is 0.617. The summed E-state index contributed by atoms with van der Waals surface area (Å²) in [6, 6.07) is 0. The van der Waals surface area contributed by atoms with Gasteiger partial charge in [-0.2, -0.15) is 0 Å². The van der Waals surface area contributed by atoms with Gasteiger partial charge in [0.05, 0.1) is 5.92 Å². The second-order valence-electron chi connectivity index (χ2n) is 3.14. The Balaban J connectivity index is 2.81. The van der Waals surface area contributed by atoms with Crippen molar-refractivity contribution in [2.45, 2.75) is 6.17 Å². The fraction of sp³-hybridized carbons (Fsp3) is 0.556. The highest BCUT2D eigenvalue weighted by molar-refractivity contribution is 5.93. The SMILES string of the molecule is C=NC1C(CNC)C(=O)C=CN1C. The van der Waals surface area contributed by atoms with Gasteiger partial charge >= 0.3 is 0 Å². The lowest BCUT2D eigenvalue weighted by atomic mass is 9.97. The molecule has 0 amide bonds. The minimum atomic E-state index is -0.134. The largest absolute Gasteiger partial charge is 0.358 e. The lowest BCUT2D eigenvalue weighted by Gasteiger charge is -2.32. The number of carbonyl (C=O) groups excluding carboxylic acids is 1. The topological polar surface area (TPSA) is 44.7 Å². The van der Waals surface area contributed by atoms with Crippen LogP contribution in [-0.2, 0) is 4.79 Å². The lowest BCUT2D eigenvalue weighted by molar-refractivity contribution is -0.120. The molecule has 0 saturated carbocycles. The molecule has 4 heteroatoms. The highest BCUT2D eigenvalue weighted by Crippen LogP contribution is 2.17. The summed E-state index contributed by atoms with van der Waals surface area (Å²) in [4.78, 5) is 17.3. The van der Waals surface area contributed by atoms with Gasteiger partial charge in [0.15, 0.2) is 5.78 Å². The molecule has 1 aliphatic rings. The second-order valence-corrected chi connectivity index (χ2v) is 3.14. The first-order chi connectivity index (χ1) is 6.20. The molecular formula is C9H15N3O. The zero-order valence-corrected chi connectivity index (χ0v) is 8.03. The van der Waals surface area contributed by atoms with Crippen molar-refractivity contribution < 1.29 is 4.79 Å². The molecule has 0 aliphatic carbocycles. The van der Waals surface area contributed by atoms with Crippen LogP contribution in [0.2, 0.25) is 0 Å². The lowest BCUT2D eigenvalue weighted by Crippen LogP contribution is -2.44. The summed E-state index contributed by atoms with van der Waals surface area (Å²) in [7, 11) is 3.72. The van der Waals surface area contributed by atoms with Crippen LogP contribution < -0.4 is 5.32 Å². The first kappa shape index (κ1) is 9.92. The predicted molar refractivity (Wildman–Crippen MR) is 52.7 cm³/mol. The average Bonchev–Trinajstić information content (AvgIpc) is 2.12. The van der Waals surface area contributed by atoms with Gasteiger partial charge in [0.2, 0.25) is 0 Å². The fourth-order valence-electron chi connectivity index (χ4n) is 1.52. The van der Waals surface area contributed by atoms with Crippen molar-refractivity contribution in [3.63, 3.8) is 0 Å². The fourth-order valence-corrected chi connectivity index (χ4v) is 1.52. The summed E-state index contributed by atoms with van der Waals surface area (Å²) in [5.41, 5.74) is 0. The van der Waals surface area contributed by atoms with Crippen molar-refractivity contribution in [2.24, 2.45) is 10.9 Å². The van der Waals surface area contributed by atoms with Gasteiger partial charge < -0.3 is 10.2 Å². The van der Waals surface area contributed by atoms with Crippen molar-refractivity contribution in [3.8, 4) is 0 Å². The minimum Gasteiger partial charge on any atom is -0.358 e. The van der Waals surface area contributed by atoms with E-state index in [1.807, 2.05) is 19.0 Å². The monoisotopic (exact) mass is 181 g/mol. The Hall–Kier alpha value is -1.16. The van der Waals surface area contributed by atoms with E-state index in [9.17, 15) is 4.79 Å². The molecule has 1 aliphatic heterocycles. The molecule has 1 heterocycles. The van der Waals surface area contributed by atoms with Gasteiger partial charge in [0.25, 0.3) is 0 Å². The Kier molecular flexibility index (Phi) is 3.19. The van der Waals surface area contributed by atoms with E-state index in [4.69, 9.17) is 0 Å². The highest BCUT2D eigenvalue weighted by atomic mass is 16.1. The first-order valence-electron chi connectivity index (χ1n) is 4.25. The Labute approximate surface area is 78.3 Å². The van der Waals surface area contributed by atoms with Crippen LogP contribution in [0, 0.1) is 5.92 Å². The van der Waals surface area contributed by atoms with E-state index >= 15 is 0 Å². The van der Waals surface area contributed by atoms with Crippen LogP contribution in [0.5, 0.6) is 0 Å². The summed E-state index contributed by atoms with van der Waals surface area (Å²) >= 11 is 0. The minimum absolute atomic E-state index is 0.113. The number of allylic oxidation sites excluding steroid dienone is 1. The average molecular weight is 181 g/mol. The van der Waals surface area contributed by atoms with Crippen LogP contribution in [0.15, 0.2) is 17.3 Å². The van der Waals surface area contributed by atoms with Gasteiger partial charge in [-0.15, -0.1) is 0 Å². The molecule has 72 valence electrons. The van der Waals surface area contributed by atoms with Gasteiger partial charge in [0, 0.05) is 19.8 Å². The molecule has 0 aromatic carbocycles. The zero-order valence-electron chi connectivity index (χ0n) is 8.03. The Morgan fingerprint density at radius 3 is 3.00 bits per heavy atom. The standard InChI is InChI=1S/C9H15N3O/c1-10-6-7-8(13)4-5-12(3)9(7)11-2/h4-5,7,9-10H,2,6H2,1,3H3. The van der Waals surface area contributed by atoms with E-state index < -0.39 is 0 Å². The summed E-state index contributed by atoms with van der Waals surface area (Å²) < 4.78 is 0. The molecule has 2 unspecified atom stereocenters. The molecule has 1 rings (SSSR count). The Morgan fingerprint density at radius 2 is 2.46 bits per heavy atom. The van der Waals surface area contributed by atoms with Crippen LogP contribution in [0.3, 0.4) is 0 Å². The number of hydrogen-bond donors (Lipinski definition) is 1. The second kappa shape index (κ2) is 4.18. The third-order valence-electron chi connectivity index (χ3n) is 2.23. The predicted octanol–water partition coefficient (Wildman–Crippen LogP) is -0.123. The van der Waals surface area contributed by atoms with Crippen LogP contribution in [-0.4, -0.2) is 44.2 Å². The first-order valence-corrected chi connectivity index (χ1v) is 4.25. The molecule has 0 bridgehead atoms. The molecule has 0 aromatic rings. The molecule has 0 aromatic heterocycles. The van der Waals surface area contributed by atoms with E-state index in [0.29, 0.717) is 6.54 Å². The number of nitrogens with one attached hydrogen (secondary N) is 1. The van der Waals surface area contributed by atoms with Crippen LogP contribution in [0.1, 0.15) is 0 Å². The molecule has 0 spiro atoms. The van der Waals surface area contributed by atoms with Crippen molar-refractivity contribution in [1.82, 2.24) is 10.2 Å². The normalized spacial score (nSPS) is 27.8. The van der Waals surface area contributed by atoms with E-state index in [1.54, 1.807) is 12.3 Å². The van der Waals surface area contributed by atoms with Crippen LogP contribution in [0.25, 0.3) is 0 Å². The van der Waals surface area contributed by atoms with Gasteiger partial charge in [-0.1, -0.05) is 0 Å². The third kappa shape index (κ3) is 1.95. The summed E-state index contributed by atoms with van der Waals surface area (Å²) in [5, 5.41) is 2.98. The van der Waals surface area contributed by atoms with Crippen molar-refractivity contribution in [1.29, 1.82) is 0 Å². The molecule has 0 saturated heterocycles. The number of rotatable bonds is 3. The molecule has 4 nitrogen and oxygen atoms in total. The van der Waals surface area contributed by atoms with Crippen molar-refractivity contribution in [2.75, 3.05) is 20.6 Å².